The Bertz CT molecular complexity index is 422. The highest BCUT2D eigenvalue weighted by Crippen LogP contribution is 2.29. The number of pyridine rings is 1. The zero-order valence-corrected chi connectivity index (χ0v) is 12.9. The minimum absolute atomic E-state index is 0.285. The van der Waals surface area contributed by atoms with E-state index in [2.05, 4.69) is 55.9 Å². The highest BCUT2D eigenvalue weighted by atomic mass is 15.2. The molecule has 2 heterocycles. The van der Waals surface area contributed by atoms with E-state index in [0.29, 0.717) is 12.1 Å². The Hall–Kier alpha value is -1.09. The number of piperazine rings is 1. The molecule has 1 aromatic rings. The summed E-state index contributed by atoms with van der Waals surface area (Å²) in [4.78, 5) is 7.00. The number of aromatic nitrogens is 1. The summed E-state index contributed by atoms with van der Waals surface area (Å²) in [7, 11) is 0. The van der Waals surface area contributed by atoms with Crippen molar-refractivity contribution in [1.29, 1.82) is 0 Å². The molecular formula is C16H27N3. The second-order valence-corrected chi connectivity index (χ2v) is 6.65. The summed E-state index contributed by atoms with van der Waals surface area (Å²) in [6, 6.07) is 5.34. The molecule has 1 saturated heterocycles. The van der Waals surface area contributed by atoms with Gasteiger partial charge in [-0.25, -0.2) is 0 Å². The fourth-order valence-corrected chi connectivity index (χ4v) is 2.82. The summed E-state index contributed by atoms with van der Waals surface area (Å²) in [6.45, 7) is 13.4. The minimum Gasteiger partial charge on any atom is -0.364 e. The number of nitrogens with one attached hydrogen (secondary N) is 1. The molecule has 2 atom stereocenters. The largest absolute Gasteiger partial charge is 0.364 e. The van der Waals surface area contributed by atoms with Crippen molar-refractivity contribution >= 4 is 5.69 Å². The highest BCUT2D eigenvalue weighted by Gasteiger charge is 2.33. The number of aryl methyl sites for hydroxylation is 1. The van der Waals surface area contributed by atoms with Gasteiger partial charge in [0.1, 0.15) is 0 Å². The van der Waals surface area contributed by atoms with E-state index in [0.717, 1.165) is 25.2 Å². The Balaban J connectivity index is 2.26. The first-order valence-corrected chi connectivity index (χ1v) is 7.35. The number of anilines is 1. The maximum atomic E-state index is 4.45. The summed E-state index contributed by atoms with van der Waals surface area (Å²) in [6.07, 6.45) is 3.04. The molecule has 0 aromatic carbocycles. The quantitative estimate of drug-likeness (QED) is 0.887. The Kier molecular flexibility index (Phi) is 4.14. The predicted octanol–water partition coefficient (Wildman–Crippen LogP) is 2.99. The van der Waals surface area contributed by atoms with Crippen LogP contribution in [0.5, 0.6) is 0 Å². The van der Waals surface area contributed by atoms with E-state index in [1.807, 2.05) is 12.3 Å². The molecule has 19 heavy (non-hydrogen) atoms. The molecule has 0 aliphatic carbocycles. The van der Waals surface area contributed by atoms with Gasteiger partial charge >= 0.3 is 0 Å². The van der Waals surface area contributed by atoms with Crippen LogP contribution in [0.1, 0.15) is 39.8 Å². The Morgan fingerprint density at radius 2 is 2.16 bits per heavy atom. The van der Waals surface area contributed by atoms with E-state index < -0.39 is 0 Å². The normalized spacial score (nSPS) is 24.6. The van der Waals surface area contributed by atoms with Crippen LogP contribution in [0.3, 0.4) is 0 Å². The molecular weight excluding hydrogens is 234 g/mol. The van der Waals surface area contributed by atoms with Gasteiger partial charge in [-0.05, 0) is 30.9 Å². The molecule has 106 valence electrons. The van der Waals surface area contributed by atoms with Crippen LogP contribution in [0.15, 0.2) is 18.3 Å². The second-order valence-electron chi connectivity index (χ2n) is 6.65. The zero-order valence-electron chi connectivity index (χ0n) is 12.9. The zero-order chi connectivity index (χ0) is 14.0. The fraction of sp³-hybridized carbons (Fsp3) is 0.688. The first-order valence-electron chi connectivity index (χ1n) is 7.35. The van der Waals surface area contributed by atoms with Gasteiger partial charge < -0.3 is 10.2 Å². The summed E-state index contributed by atoms with van der Waals surface area (Å²) in [5.74, 6) is 0. The number of hydrogen-bond acceptors (Lipinski definition) is 3. The standard InChI is InChI=1S/C16H27N3/c1-6-13-10-18-15(16(3,4)5)11-19(13)14-8-7-9-17-12(14)2/h7-9,13,15,18H,6,10-11H2,1-5H3. The van der Waals surface area contributed by atoms with Crippen molar-refractivity contribution in [3.63, 3.8) is 0 Å². The van der Waals surface area contributed by atoms with E-state index in [-0.39, 0.29) is 5.41 Å². The molecule has 1 aliphatic heterocycles. The van der Waals surface area contributed by atoms with Crippen LogP contribution in [-0.2, 0) is 0 Å². The minimum atomic E-state index is 0.285. The van der Waals surface area contributed by atoms with E-state index in [1.165, 1.54) is 5.69 Å². The summed E-state index contributed by atoms with van der Waals surface area (Å²) in [5, 5.41) is 3.72. The molecule has 1 aromatic heterocycles. The van der Waals surface area contributed by atoms with Crippen molar-refractivity contribution in [3.05, 3.63) is 24.0 Å². The molecule has 0 spiro atoms. The van der Waals surface area contributed by atoms with Crippen molar-refractivity contribution in [2.24, 2.45) is 5.41 Å². The van der Waals surface area contributed by atoms with Crippen LogP contribution >= 0.6 is 0 Å². The van der Waals surface area contributed by atoms with Crippen LogP contribution < -0.4 is 10.2 Å². The summed E-state index contributed by atoms with van der Waals surface area (Å²) >= 11 is 0. The number of nitrogens with zero attached hydrogens (tertiary/aromatic N) is 2. The monoisotopic (exact) mass is 261 g/mol. The third kappa shape index (κ3) is 3.08. The van der Waals surface area contributed by atoms with E-state index in [9.17, 15) is 0 Å². The van der Waals surface area contributed by atoms with Crippen LogP contribution in [0.25, 0.3) is 0 Å². The van der Waals surface area contributed by atoms with E-state index in [1.54, 1.807) is 0 Å². The topological polar surface area (TPSA) is 28.2 Å². The molecule has 1 N–H and O–H groups in total. The van der Waals surface area contributed by atoms with Crippen molar-refractivity contribution in [1.82, 2.24) is 10.3 Å². The third-order valence-corrected chi connectivity index (χ3v) is 4.23. The molecule has 0 radical (unpaired) electrons. The molecule has 3 heteroatoms. The lowest BCUT2D eigenvalue weighted by molar-refractivity contribution is 0.233. The van der Waals surface area contributed by atoms with Crippen molar-refractivity contribution in [3.8, 4) is 0 Å². The lowest BCUT2D eigenvalue weighted by Gasteiger charge is -2.46. The summed E-state index contributed by atoms with van der Waals surface area (Å²) in [5.41, 5.74) is 2.72. The Morgan fingerprint density at radius 1 is 1.42 bits per heavy atom. The number of rotatable bonds is 2. The predicted molar refractivity (Wildman–Crippen MR) is 81.6 cm³/mol. The molecule has 0 amide bonds. The lowest BCUT2D eigenvalue weighted by Crippen LogP contribution is -2.60. The van der Waals surface area contributed by atoms with Crippen molar-refractivity contribution in [2.45, 2.75) is 53.1 Å². The average Bonchev–Trinajstić information content (AvgIpc) is 2.37. The molecule has 2 rings (SSSR count). The van der Waals surface area contributed by atoms with Crippen molar-refractivity contribution < 1.29 is 0 Å². The van der Waals surface area contributed by atoms with Gasteiger partial charge in [0.05, 0.1) is 11.4 Å². The first kappa shape index (κ1) is 14.3. The van der Waals surface area contributed by atoms with Crippen LogP contribution in [0, 0.1) is 12.3 Å². The van der Waals surface area contributed by atoms with Gasteiger partial charge in [0.25, 0.3) is 0 Å². The van der Waals surface area contributed by atoms with E-state index in [4.69, 9.17) is 0 Å². The van der Waals surface area contributed by atoms with E-state index >= 15 is 0 Å². The summed E-state index contributed by atoms with van der Waals surface area (Å²) < 4.78 is 0. The second kappa shape index (κ2) is 5.49. The average molecular weight is 261 g/mol. The molecule has 0 saturated carbocycles. The van der Waals surface area contributed by atoms with Gasteiger partial charge in [0.15, 0.2) is 0 Å². The van der Waals surface area contributed by atoms with Crippen LogP contribution in [-0.4, -0.2) is 30.2 Å². The molecule has 3 nitrogen and oxygen atoms in total. The van der Waals surface area contributed by atoms with Crippen molar-refractivity contribution in [2.75, 3.05) is 18.0 Å². The lowest BCUT2D eigenvalue weighted by atomic mass is 9.84. The van der Waals surface area contributed by atoms with Crippen LogP contribution in [0.2, 0.25) is 0 Å². The molecule has 2 unspecified atom stereocenters. The van der Waals surface area contributed by atoms with Gasteiger partial charge in [-0.3, -0.25) is 4.98 Å². The molecule has 0 bridgehead atoms. The van der Waals surface area contributed by atoms with Gasteiger partial charge in [0.2, 0.25) is 0 Å². The SMILES string of the molecule is CCC1CNC(C(C)(C)C)CN1c1cccnc1C. The first-order chi connectivity index (χ1) is 8.93. The van der Waals surface area contributed by atoms with Gasteiger partial charge in [0, 0.05) is 31.4 Å². The number of hydrogen-bond donors (Lipinski definition) is 1. The fourth-order valence-electron chi connectivity index (χ4n) is 2.82. The molecule has 1 aliphatic rings. The Labute approximate surface area is 117 Å². The highest BCUT2D eigenvalue weighted by molar-refractivity contribution is 5.51. The van der Waals surface area contributed by atoms with Gasteiger partial charge in [-0.1, -0.05) is 27.7 Å². The third-order valence-electron chi connectivity index (χ3n) is 4.23. The van der Waals surface area contributed by atoms with Crippen LogP contribution in [0.4, 0.5) is 5.69 Å². The Morgan fingerprint density at radius 3 is 2.74 bits per heavy atom. The molecule has 1 fully saturated rings. The smallest absolute Gasteiger partial charge is 0.0605 e. The van der Waals surface area contributed by atoms with Gasteiger partial charge in [-0.2, -0.15) is 0 Å². The van der Waals surface area contributed by atoms with Gasteiger partial charge in [-0.15, -0.1) is 0 Å². The maximum absolute atomic E-state index is 4.45. The maximum Gasteiger partial charge on any atom is 0.0605 e.